The van der Waals surface area contributed by atoms with Crippen molar-refractivity contribution in [3.8, 4) is 0 Å². The van der Waals surface area contributed by atoms with E-state index in [2.05, 4.69) is 65.6 Å². The maximum absolute atomic E-state index is 2.66. The largest absolute Gasteiger partial charge is 0.291 e. The molecule has 1 nitrogen and oxygen atoms in total. The Morgan fingerprint density at radius 1 is 0.750 bits per heavy atom. The van der Waals surface area contributed by atoms with Crippen LogP contribution in [0.2, 0.25) is 0 Å². The number of hydrogen-bond donors (Lipinski definition) is 0. The highest BCUT2D eigenvalue weighted by molar-refractivity contribution is 5.33. The molecule has 4 rings (SSSR count). The predicted molar refractivity (Wildman–Crippen MR) is 82.6 cm³/mol. The number of nitrogens with zero attached hydrogens (tertiary/aromatic N) is 1. The van der Waals surface area contributed by atoms with Crippen molar-refractivity contribution >= 4 is 0 Å². The lowest BCUT2D eigenvalue weighted by atomic mass is 9.63. The fourth-order valence-electron chi connectivity index (χ4n) is 3.88. The summed E-state index contributed by atoms with van der Waals surface area (Å²) in [5.41, 5.74) is 3.53. The standard InChI is InChI=1S/C19H21N/c1-3-8-16(9-4-1)18(17-10-5-2-6-11-17)20-14-19(15-20)12-7-13-19/h1-6,8-11,18H,7,12-15H2. The van der Waals surface area contributed by atoms with Crippen LogP contribution in [0.5, 0.6) is 0 Å². The predicted octanol–water partition coefficient (Wildman–Crippen LogP) is 4.26. The smallest absolute Gasteiger partial charge is 0.0602 e. The molecule has 102 valence electrons. The van der Waals surface area contributed by atoms with Gasteiger partial charge >= 0.3 is 0 Å². The summed E-state index contributed by atoms with van der Waals surface area (Å²) in [6, 6.07) is 22.3. The molecule has 0 unspecified atom stereocenters. The second kappa shape index (κ2) is 4.75. The Balaban J connectivity index is 1.64. The fourth-order valence-corrected chi connectivity index (χ4v) is 3.88. The Hall–Kier alpha value is -1.60. The molecule has 1 heterocycles. The minimum Gasteiger partial charge on any atom is -0.291 e. The molecule has 1 saturated heterocycles. The Bertz CT molecular complexity index is 524. The molecule has 0 amide bonds. The van der Waals surface area contributed by atoms with Crippen LogP contribution in [0.3, 0.4) is 0 Å². The van der Waals surface area contributed by atoms with E-state index in [1.807, 2.05) is 0 Å². The zero-order valence-electron chi connectivity index (χ0n) is 11.8. The minimum absolute atomic E-state index is 0.434. The highest BCUT2D eigenvalue weighted by Crippen LogP contribution is 2.51. The third kappa shape index (κ3) is 1.97. The van der Waals surface area contributed by atoms with E-state index in [4.69, 9.17) is 0 Å². The monoisotopic (exact) mass is 263 g/mol. The van der Waals surface area contributed by atoms with Gasteiger partial charge in [0.1, 0.15) is 0 Å². The van der Waals surface area contributed by atoms with Crippen LogP contribution in [0, 0.1) is 5.41 Å². The van der Waals surface area contributed by atoms with Gasteiger partial charge in [0.25, 0.3) is 0 Å². The SMILES string of the molecule is c1ccc(C(c2ccccc2)N2CC3(CCC3)C2)cc1. The van der Waals surface area contributed by atoms with E-state index < -0.39 is 0 Å². The van der Waals surface area contributed by atoms with Gasteiger partial charge in [-0.3, -0.25) is 4.90 Å². The van der Waals surface area contributed by atoms with Crippen LogP contribution in [0.15, 0.2) is 60.7 Å². The maximum Gasteiger partial charge on any atom is 0.0602 e. The molecule has 0 bridgehead atoms. The molecule has 2 aromatic rings. The van der Waals surface area contributed by atoms with Crippen molar-refractivity contribution < 1.29 is 0 Å². The van der Waals surface area contributed by atoms with Crippen molar-refractivity contribution in [2.75, 3.05) is 13.1 Å². The van der Waals surface area contributed by atoms with Crippen LogP contribution in [0.4, 0.5) is 0 Å². The first-order valence-electron chi connectivity index (χ1n) is 7.70. The third-order valence-electron chi connectivity index (χ3n) is 5.09. The van der Waals surface area contributed by atoms with E-state index in [-0.39, 0.29) is 0 Å². The number of likely N-dealkylation sites (tertiary alicyclic amines) is 1. The lowest BCUT2D eigenvalue weighted by molar-refractivity contribution is -0.0760. The van der Waals surface area contributed by atoms with Gasteiger partial charge < -0.3 is 0 Å². The minimum atomic E-state index is 0.434. The van der Waals surface area contributed by atoms with Gasteiger partial charge in [0.2, 0.25) is 0 Å². The van der Waals surface area contributed by atoms with E-state index in [1.54, 1.807) is 0 Å². The molecule has 0 aromatic heterocycles. The number of rotatable bonds is 3. The van der Waals surface area contributed by atoms with Crippen molar-refractivity contribution in [2.45, 2.75) is 25.3 Å². The molecule has 1 heteroatoms. The number of hydrogen-bond acceptors (Lipinski definition) is 1. The third-order valence-corrected chi connectivity index (χ3v) is 5.09. The lowest BCUT2D eigenvalue weighted by Gasteiger charge is -2.58. The van der Waals surface area contributed by atoms with Crippen molar-refractivity contribution in [1.29, 1.82) is 0 Å². The normalized spacial score (nSPS) is 20.6. The molecular weight excluding hydrogens is 242 g/mol. The average Bonchev–Trinajstić information content (AvgIpc) is 2.42. The van der Waals surface area contributed by atoms with Gasteiger partial charge in [-0.1, -0.05) is 67.1 Å². The van der Waals surface area contributed by atoms with E-state index in [1.165, 1.54) is 43.5 Å². The Labute approximate surface area is 121 Å². The molecule has 0 N–H and O–H groups in total. The van der Waals surface area contributed by atoms with Crippen LogP contribution < -0.4 is 0 Å². The molecule has 2 fully saturated rings. The molecule has 1 aliphatic heterocycles. The molecule has 1 spiro atoms. The first-order valence-corrected chi connectivity index (χ1v) is 7.70. The van der Waals surface area contributed by atoms with Crippen LogP contribution in [0.1, 0.15) is 36.4 Å². The van der Waals surface area contributed by atoms with Crippen LogP contribution >= 0.6 is 0 Å². The molecule has 20 heavy (non-hydrogen) atoms. The van der Waals surface area contributed by atoms with E-state index in [0.717, 1.165) is 0 Å². The quantitative estimate of drug-likeness (QED) is 0.799. The average molecular weight is 263 g/mol. The zero-order valence-corrected chi connectivity index (χ0v) is 11.8. The first-order chi connectivity index (χ1) is 9.86. The topological polar surface area (TPSA) is 3.24 Å². The highest BCUT2D eigenvalue weighted by atomic mass is 15.2. The van der Waals surface area contributed by atoms with Gasteiger partial charge in [-0.2, -0.15) is 0 Å². The summed E-state index contributed by atoms with van der Waals surface area (Å²) >= 11 is 0. The second-order valence-electron chi connectivity index (χ2n) is 6.48. The van der Waals surface area contributed by atoms with Gasteiger partial charge in [0, 0.05) is 13.1 Å². The summed E-state index contributed by atoms with van der Waals surface area (Å²) in [5, 5.41) is 0. The molecule has 0 atom stereocenters. The zero-order chi connectivity index (χ0) is 13.4. The molecule has 2 aromatic carbocycles. The fraction of sp³-hybridized carbons (Fsp3) is 0.368. The first kappa shape index (κ1) is 12.2. The van der Waals surface area contributed by atoms with Gasteiger partial charge in [0.15, 0.2) is 0 Å². The van der Waals surface area contributed by atoms with Gasteiger partial charge in [-0.05, 0) is 29.4 Å². The summed E-state index contributed by atoms with van der Waals surface area (Å²) in [6.45, 7) is 2.56. The lowest BCUT2D eigenvalue weighted by Crippen LogP contribution is -2.60. The molecule has 1 saturated carbocycles. The summed E-state index contributed by atoms with van der Waals surface area (Å²) < 4.78 is 0. The van der Waals surface area contributed by atoms with Gasteiger partial charge in [-0.15, -0.1) is 0 Å². The summed E-state index contributed by atoms with van der Waals surface area (Å²) in [7, 11) is 0. The van der Waals surface area contributed by atoms with Crippen LogP contribution in [0.25, 0.3) is 0 Å². The second-order valence-corrected chi connectivity index (χ2v) is 6.48. The van der Waals surface area contributed by atoms with E-state index in [9.17, 15) is 0 Å². The Kier molecular flexibility index (Phi) is 2.89. The van der Waals surface area contributed by atoms with Gasteiger partial charge in [-0.25, -0.2) is 0 Å². The summed E-state index contributed by atoms with van der Waals surface area (Å²) in [5.74, 6) is 0. The van der Waals surface area contributed by atoms with E-state index >= 15 is 0 Å². The molecule has 0 radical (unpaired) electrons. The van der Waals surface area contributed by atoms with Crippen LogP contribution in [-0.2, 0) is 0 Å². The Morgan fingerprint density at radius 2 is 1.25 bits per heavy atom. The van der Waals surface area contributed by atoms with Crippen LogP contribution in [-0.4, -0.2) is 18.0 Å². The maximum atomic E-state index is 2.66. The molecule has 2 aliphatic rings. The van der Waals surface area contributed by atoms with Crippen molar-refractivity contribution in [3.63, 3.8) is 0 Å². The van der Waals surface area contributed by atoms with Crippen molar-refractivity contribution in [2.24, 2.45) is 5.41 Å². The van der Waals surface area contributed by atoms with Crippen molar-refractivity contribution in [1.82, 2.24) is 4.90 Å². The summed E-state index contributed by atoms with van der Waals surface area (Å²) in [4.78, 5) is 2.66. The summed E-state index contributed by atoms with van der Waals surface area (Å²) in [6.07, 6.45) is 4.33. The molecule has 1 aliphatic carbocycles. The van der Waals surface area contributed by atoms with Gasteiger partial charge in [0.05, 0.1) is 6.04 Å². The Morgan fingerprint density at radius 3 is 1.65 bits per heavy atom. The van der Waals surface area contributed by atoms with E-state index in [0.29, 0.717) is 11.5 Å². The molecular formula is C19H21N. The van der Waals surface area contributed by atoms with Crippen molar-refractivity contribution in [3.05, 3.63) is 71.8 Å². The highest BCUT2D eigenvalue weighted by Gasteiger charge is 2.49. The number of benzene rings is 2.